The number of anilines is 1. The number of carbonyl (C=O) groups is 1. The fourth-order valence-corrected chi connectivity index (χ4v) is 2.83. The third kappa shape index (κ3) is 11.8. The Morgan fingerprint density at radius 2 is 1.91 bits per heavy atom. The third-order valence-corrected chi connectivity index (χ3v) is 4.11. The minimum atomic E-state index is -0.296. The van der Waals surface area contributed by atoms with Gasteiger partial charge in [-0.2, -0.15) is 0 Å². The minimum Gasteiger partial charge on any atom is -0.490 e. The Morgan fingerprint density at radius 1 is 1.19 bits per heavy atom. The molecular formula is C23H39IN4O4. The topological polar surface area (TPSA) is 93.2 Å². The summed E-state index contributed by atoms with van der Waals surface area (Å²) in [7, 11) is 0. The normalized spacial score (nSPS) is 13.8. The van der Waals surface area contributed by atoms with Gasteiger partial charge in [0.1, 0.15) is 6.54 Å². The smallest absolute Gasteiger partial charge is 0.242 e. The van der Waals surface area contributed by atoms with E-state index < -0.39 is 0 Å². The number of fused-ring (bicyclic) bond motifs is 1. The molecule has 0 spiro atoms. The molecule has 1 aliphatic heterocycles. The number of aliphatic imine (C=N–C) groups is 1. The molecule has 1 aliphatic rings. The Hall–Kier alpha value is -1.75. The van der Waals surface area contributed by atoms with Crippen LogP contribution in [-0.2, 0) is 9.53 Å². The van der Waals surface area contributed by atoms with Crippen LogP contribution in [0.5, 0.6) is 11.5 Å². The van der Waals surface area contributed by atoms with Crippen LogP contribution in [0.3, 0.4) is 0 Å². The lowest BCUT2D eigenvalue weighted by atomic mass is 10.1. The predicted molar refractivity (Wildman–Crippen MR) is 140 cm³/mol. The van der Waals surface area contributed by atoms with Crippen molar-refractivity contribution in [1.82, 2.24) is 10.6 Å². The Balaban J connectivity index is 0.00000512. The lowest BCUT2D eigenvalue weighted by Gasteiger charge is -2.20. The van der Waals surface area contributed by atoms with Gasteiger partial charge >= 0.3 is 0 Å². The summed E-state index contributed by atoms with van der Waals surface area (Å²) >= 11 is 0. The molecule has 1 heterocycles. The minimum absolute atomic E-state index is 0. The largest absolute Gasteiger partial charge is 0.490 e. The summed E-state index contributed by atoms with van der Waals surface area (Å²) in [5.74, 6) is 2.36. The number of amides is 1. The molecule has 0 bridgehead atoms. The maximum Gasteiger partial charge on any atom is 0.242 e. The molecule has 182 valence electrons. The Bertz CT molecular complexity index is 735. The van der Waals surface area contributed by atoms with Crippen LogP contribution < -0.4 is 25.4 Å². The van der Waals surface area contributed by atoms with Gasteiger partial charge in [0.05, 0.1) is 13.2 Å². The Morgan fingerprint density at radius 3 is 2.59 bits per heavy atom. The SMILES string of the molecule is CC(C)COCCCNC(=NCC(=O)NC(C)(C)C)Nc1ccc2c(c1)OCCCO2.I. The predicted octanol–water partition coefficient (Wildman–Crippen LogP) is 3.80. The number of hydrogen-bond donors (Lipinski definition) is 3. The summed E-state index contributed by atoms with van der Waals surface area (Å²) in [4.78, 5) is 16.6. The van der Waals surface area contributed by atoms with Crippen LogP contribution >= 0.6 is 24.0 Å². The highest BCUT2D eigenvalue weighted by molar-refractivity contribution is 14.0. The molecule has 9 heteroatoms. The van der Waals surface area contributed by atoms with Crippen LogP contribution in [0.1, 0.15) is 47.5 Å². The number of carbonyl (C=O) groups excluding carboxylic acids is 1. The first-order chi connectivity index (χ1) is 14.7. The Kier molecular flexibility index (Phi) is 12.7. The molecule has 32 heavy (non-hydrogen) atoms. The van der Waals surface area contributed by atoms with E-state index in [4.69, 9.17) is 14.2 Å². The molecule has 0 aliphatic carbocycles. The van der Waals surface area contributed by atoms with Gasteiger partial charge in [-0.25, -0.2) is 4.99 Å². The number of nitrogens with one attached hydrogen (secondary N) is 3. The number of nitrogens with zero attached hydrogens (tertiary/aromatic N) is 1. The summed E-state index contributed by atoms with van der Waals surface area (Å²) in [6.45, 7) is 13.5. The van der Waals surface area contributed by atoms with Crippen molar-refractivity contribution in [1.29, 1.82) is 0 Å². The zero-order valence-corrected chi connectivity index (χ0v) is 22.3. The summed E-state index contributed by atoms with van der Waals surface area (Å²) < 4.78 is 17.1. The molecule has 1 amide bonds. The van der Waals surface area contributed by atoms with Crippen molar-refractivity contribution < 1.29 is 19.0 Å². The van der Waals surface area contributed by atoms with E-state index in [1.165, 1.54) is 0 Å². The molecule has 0 atom stereocenters. The standard InChI is InChI=1S/C23H38N4O4.HI/c1-17(2)16-29-11-6-10-24-22(25-15-21(28)27-23(3,4)5)26-18-8-9-19-20(14-18)31-13-7-12-30-19;/h8-9,14,17H,6-7,10-13,15-16H2,1-5H3,(H,27,28)(H2,24,25,26);1H. The first-order valence-electron chi connectivity index (χ1n) is 11.1. The molecule has 3 N–H and O–H groups in total. The van der Waals surface area contributed by atoms with E-state index in [1.807, 2.05) is 39.0 Å². The van der Waals surface area contributed by atoms with Gasteiger partial charge in [-0.3, -0.25) is 4.79 Å². The molecule has 0 unspecified atom stereocenters. The van der Waals surface area contributed by atoms with Crippen molar-refractivity contribution in [2.75, 3.05) is 44.8 Å². The molecule has 1 aromatic rings. The maximum atomic E-state index is 12.2. The number of halogens is 1. The van der Waals surface area contributed by atoms with Crippen LogP contribution in [0.4, 0.5) is 5.69 Å². The quantitative estimate of drug-likeness (QED) is 0.184. The first-order valence-corrected chi connectivity index (χ1v) is 11.1. The second-order valence-electron chi connectivity index (χ2n) is 9.05. The van der Waals surface area contributed by atoms with Gasteiger partial charge in [0.2, 0.25) is 5.91 Å². The highest BCUT2D eigenvalue weighted by Gasteiger charge is 2.14. The van der Waals surface area contributed by atoms with Gasteiger partial charge in [-0.15, -0.1) is 24.0 Å². The van der Waals surface area contributed by atoms with Gasteiger partial charge in [0, 0.05) is 43.5 Å². The monoisotopic (exact) mass is 562 g/mol. The van der Waals surface area contributed by atoms with E-state index in [0.29, 0.717) is 44.0 Å². The molecule has 2 rings (SSSR count). The summed E-state index contributed by atoms with van der Waals surface area (Å²) in [6, 6.07) is 5.68. The summed E-state index contributed by atoms with van der Waals surface area (Å²) in [5, 5.41) is 9.46. The van der Waals surface area contributed by atoms with Gasteiger partial charge in [-0.05, 0) is 45.2 Å². The molecule has 0 aromatic heterocycles. The van der Waals surface area contributed by atoms with Crippen LogP contribution in [0, 0.1) is 5.92 Å². The van der Waals surface area contributed by atoms with Crippen molar-refractivity contribution in [2.45, 2.75) is 53.0 Å². The summed E-state index contributed by atoms with van der Waals surface area (Å²) in [6.07, 6.45) is 1.69. The van der Waals surface area contributed by atoms with E-state index in [1.54, 1.807) is 0 Å². The van der Waals surface area contributed by atoms with Crippen molar-refractivity contribution >= 4 is 41.5 Å². The van der Waals surface area contributed by atoms with Gasteiger partial charge in [0.15, 0.2) is 17.5 Å². The van der Waals surface area contributed by atoms with Crippen LogP contribution in [0.15, 0.2) is 23.2 Å². The first kappa shape index (κ1) is 28.3. The van der Waals surface area contributed by atoms with Crippen molar-refractivity contribution in [3.05, 3.63) is 18.2 Å². The molecule has 0 radical (unpaired) electrons. The van der Waals surface area contributed by atoms with Gasteiger partial charge in [0.25, 0.3) is 0 Å². The van der Waals surface area contributed by atoms with E-state index in [9.17, 15) is 4.79 Å². The van der Waals surface area contributed by atoms with Crippen LogP contribution in [0.25, 0.3) is 0 Å². The maximum absolute atomic E-state index is 12.2. The van der Waals surface area contributed by atoms with Crippen LogP contribution in [-0.4, -0.2) is 56.9 Å². The zero-order chi connectivity index (χ0) is 22.7. The number of guanidine groups is 1. The second-order valence-corrected chi connectivity index (χ2v) is 9.05. The Labute approximate surface area is 209 Å². The lowest BCUT2D eigenvalue weighted by molar-refractivity contribution is -0.121. The number of rotatable bonds is 9. The average Bonchev–Trinajstić information content (AvgIpc) is 2.92. The van der Waals surface area contributed by atoms with Gasteiger partial charge < -0.3 is 30.2 Å². The molecule has 0 saturated carbocycles. The number of benzene rings is 1. The molecule has 1 aromatic carbocycles. The van der Waals surface area contributed by atoms with Gasteiger partial charge in [-0.1, -0.05) is 13.8 Å². The van der Waals surface area contributed by atoms with Crippen molar-refractivity contribution in [2.24, 2.45) is 10.9 Å². The fourth-order valence-electron chi connectivity index (χ4n) is 2.83. The summed E-state index contributed by atoms with van der Waals surface area (Å²) in [5.41, 5.74) is 0.512. The molecular weight excluding hydrogens is 523 g/mol. The van der Waals surface area contributed by atoms with Crippen LogP contribution in [0.2, 0.25) is 0 Å². The second kappa shape index (κ2) is 14.4. The molecule has 0 saturated heterocycles. The highest BCUT2D eigenvalue weighted by atomic mass is 127. The van der Waals surface area contributed by atoms with Crippen molar-refractivity contribution in [3.8, 4) is 11.5 Å². The highest BCUT2D eigenvalue weighted by Crippen LogP contribution is 2.32. The van der Waals surface area contributed by atoms with Crippen molar-refractivity contribution in [3.63, 3.8) is 0 Å². The average molecular weight is 562 g/mol. The molecule has 8 nitrogen and oxygen atoms in total. The van der Waals surface area contributed by atoms with E-state index in [-0.39, 0.29) is 42.0 Å². The third-order valence-electron chi connectivity index (χ3n) is 4.11. The van der Waals surface area contributed by atoms with E-state index >= 15 is 0 Å². The fraction of sp³-hybridized carbons (Fsp3) is 0.652. The molecule has 0 fully saturated rings. The zero-order valence-electron chi connectivity index (χ0n) is 20.0. The van der Waals surface area contributed by atoms with E-state index in [2.05, 4.69) is 34.8 Å². The van der Waals surface area contributed by atoms with E-state index in [0.717, 1.165) is 30.9 Å². The lowest BCUT2D eigenvalue weighted by Crippen LogP contribution is -2.42. The number of ether oxygens (including phenoxy) is 3. The number of hydrogen-bond acceptors (Lipinski definition) is 5.